The number of ketones is 1. The summed E-state index contributed by atoms with van der Waals surface area (Å²) in [6, 6.07) is 0. The maximum atomic E-state index is 10.7. The van der Waals surface area contributed by atoms with Crippen LogP contribution in [0.2, 0.25) is 0 Å². The molecule has 0 spiro atoms. The van der Waals surface area contributed by atoms with E-state index in [1.807, 2.05) is 0 Å². The van der Waals surface area contributed by atoms with Gasteiger partial charge in [-0.25, -0.2) is 0 Å². The number of halogens is 3. The molecule has 10 heavy (non-hydrogen) atoms. The Morgan fingerprint density at radius 3 is 2.00 bits per heavy atom. The lowest BCUT2D eigenvalue weighted by Gasteiger charge is -2.04. The van der Waals surface area contributed by atoms with Crippen molar-refractivity contribution in [1.29, 1.82) is 0 Å². The van der Waals surface area contributed by atoms with Gasteiger partial charge >= 0.3 is 0 Å². The highest BCUT2D eigenvalue weighted by Gasteiger charge is 2.28. The Bertz CT molecular complexity index is 166. The molecule has 0 aromatic carbocycles. The summed E-state index contributed by atoms with van der Waals surface area (Å²) in [7, 11) is 0. The highest BCUT2D eigenvalue weighted by molar-refractivity contribution is 6.77. The highest BCUT2D eigenvalue weighted by atomic mass is 35.6. The predicted octanol–water partition coefficient (Wildman–Crippen LogP) is 1.79. The SMILES string of the molecule is C/C(N)=C/C(=O)C(Cl)(Cl)Cl. The number of allylic oxidation sites excluding steroid dienone is 2. The first-order valence-corrected chi connectivity index (χ1v) is 3.52. The summed E-state index contributed by atoms with van der Waals surface area (Å²) in [5, 5.41) is 0. The maximum absolute atomic E-state index is 10.7. The van der Waals surface area contributed by atoms with Crippen molar-refractivity contribution in [3.05, 3.63) is 11.8 Å². The van der Waals surface area contributed by atoms with Gasteiger partial charge in [-0.2, -0.15) is 0 Å². The summed E-state index contributed by atoms with van der Waals surface area (Å²) in [6.07, 6.45) is 1.08. The number of hydrogen-bond donors (Lipinski definition) is 1. The van der Waals surface area contributed by atoms with E-state index in [1.54, 1.807) is 0 Å². The van der Waals surface area contributed by atoms with Gasteiger partial charge in [0.05, 0.1) is 0 Å². The highest BCUT2D eigenvalue weighted by Crippen LogP contribution is 2.27. The number of alkyl halides is 3. The molecule has 0 atom stereocenters. The van der Waals surface area contributed by atoms with Crippen LogP contribution in [0.25, 0.3) is 0 Å². The van der Waals surface area contributed by atoms with Gasteiger partial charge in [0.2, 0.25) is 5.78 Å². The van der Waals surface area contributed by atoms with E-state index in [-0.39, 0.29) is 0 Å². The predicted molar refractivity (Wildman–Crippen MR) is 43.2 cm³/mol. The van der Waals surface area contributed by atoms with Crippen LogP contribution in [-0.4, -0.2) is 9.58 Å². The Labute approximate surface area is 73.9 Å². The van der Waals surface area contributed by atoms with Gasteiger partial charge in [-0.05, 0) is 6.92 Å². The van der Waals surface area contributed by atoms with Crippen LogP contribution in [0.15, 0.2) is 11.8 Å². The third-order valence-electron chi connectivity index (χ3n) is 0.638. The molecule has 0 aliphatic rings. The van der Waals surface area contributed by atoms with Crippen LogP contribution in [0, 0.1) is 0 Å². The molecule has 0 aromatic heterocycles. The fourth-order valence-corrected chi connectivity index (χ4v) is 0.452. The van der Waals surface area contributed by atoms with Crippen molar-refractivity contribution in [1.82, 2.24) is 0 Å². The monoisotopic (exact) mass is 201 g/mol. The normalized spacial score (nSPS) is 13.4. The third-order valence-corrected chi connectivity index (χ3v) is 1.20. The Morgan fingerprint density at radius 2 is 1.90 bits per heavy atom. The molecule has 0 amide bonds. The zero-order valence-corrected chi connectivity index (χ0v) is 7.46. The molecule has 0 unspecified atom stereocenters. The zero-order valence-electron chi connectivity index (χ0n) is 5.20. The topological polar surface area (TPSA) is 43.1 Å². The molecule has 2 N–H and O–H groups in total. The lowest BCUT2D eigenvalue weighted by molar-refractivity contribution is -0.113. The van der Waals surface area contributed by atoms with Gasteiger partial charge in [-0.15, -0.1) is 0 Å². The van der Waals surface area contributed by atoms with E-state index in [0.717, 1.165) is 6.08 Å². The van der Waals surface area contributed by atoms with Gasteiger partial charge in [0.15, 0.2) is 0 Å². The molecular formula is C5H6Cl3NO. The van der Waals surface area contributed by atoms with Crippen molar-refractivity contribution >= 4 is 40.6 Å². The summed E-state index contributed by atoms with van der Waals surface area (Å²) in [5.74, 6) is -0.627. The quantitative estimate of drug-likeness (QED) is 0.520. The van der Waals surface area contributed by atoms with Crippen molar-refractivity contribution < 1.29 is 4.79 Å². The van der Waals surface area contributed by atoms with Crippen molar-refractivity contribution in [2.75, 3.05) is 0 Å². The Balaban J connectivity index is 4.27. The molecule has 0 aromatic rings. The summed E-state index contributed by atoms with van der Waals surface area (Å²) in [6.45, 7) is 1.54. The first kappa shape index (κ1) is 10.1. The maximum Gasteiger partial charge on any atom is 0.252 e. The molecule has 5 heteroatoms. The van der Waals surface area contributed by atoms with E-state index in [1.165, 1.54) is 6.92 Å². The minimum Gasteiger partial charge on any atom is -0.402 e. The van der Waals surface area contributed by atoms with Crippen molar-refractivity contribution in [3.63, 3.8) is 0 Å². The van der Waals surface area contributed by atoms with Crippen LogP contribution < -0.4 is 5.73 Å². The summed E-state index contributed by atoms with van der Waals surface area (Å²) < 4.78 is -1.89. The summed E-state index contributed by atoms with van der Waals surface area (Å²) in [5.41, 5.74) is 5.47. The Morgan fingerprint density at radius 1 is 1.50 bits per heavy atom. The molecular weight excluding hydrogens is 196 g/mol. The average Bonchev–Trinajstić information content (AvgIpc) is 1.60. The van der Waals surface area contributed by atoms with Crippen LogP contribution in [0.3, 0.4) is 0 Å². The Kier molecular flexibility index (Phi) is 3.49. The second-order valence-corrected chi connectivity index (χ2v) is 4.03. The number of rotatable bonds is 1. The van der Waals surface area contributed by atoms with E-state index in [4.69, 9.17) is 40.5 Å². The second kappa shape index (κ2) is 3.46. The van der Waals surface area contributed by atoms with Crippen molar-refractivity contribution in [3.8, 4) is 0 Å². The van der Waals surface area contributed by atoms with Crippen LogP contribution >= 0.6 is 34.8 Å². The molecule has 0 aliphatic carbocycles. The number of carbonyl (C=O) groups is 1. The van der Waals surface area contributed by atoms with Gasteiger partial charge < -0.3 is 5.73 Å². The lowest BCUT2D eigenvalue weighted by Crippen LogP contribution is -2.17. The number of nitrogens with two attached hydrogens (primary N) is 1. The van der Waals surface area contributed by atoms with E-state index >= 15 is 0 Å². The molecule has 2 nitrogen and oxygen atoms in total. The smallest absolute Gasteiger partial charge is 0.252 e. The standard InChI is InChI=1S/C5H6Cl3NO/c1-3(9)2-4(10)5(6,7)8/h2H,9H2,1H3/b3-2-. The van der Waals surface area contributed by atoms with E-state index < -0.39 is 9.58 Å². The summed E-state index contributed by atoms with van der Waals surface area (Å²) >= 11 is 15.6. The van der Waals surface area contributed by atoms with Crippen LogP contribution in [0.5, 0.6) is 0 Å². The third kappa shape index (κ3) is 3.99. The Hall–Kier alpha value is 0.0800. The van der Waals surface area contributed by atoms with Gasteiger partial charge in [-0.3, -0.25) is 4.79 Å². The molecule has 0 saturated carbocycles. The van der Waals surface area contributed by atoms with Crippen LogP contribution in [0.1, 0.15) is 6.92 Å². The second-order valence-electron chi connectivity index (χ2n) is 1.75. The fraction of sp³-hybridized carbons (Fsp3) is 0.400. The van der Waals surface area contributed by atoms with E-state index in [2.05, 4.69) is 0 Å². The molecule has 0 radical (unpaired) electrons. The van der Waals surface area contributed by atoms with Crippen LogP contribution in [-0.2, 0) is 4.79 Å². The fourth-order valence-electron chi connectivity index (χ4n) is 0.289. The van der Waals surface area contributed by atoms with E-state index in [0.29, 0.717) is 5.70 Å². The molecule has 0 rings (SSSR count). The average molecular weight is 202 g/mol. The molecule has 0 fully saturated rings. The van der Waals surface area contributed by atoms with Gasteiger partial charge in [0.25, 0.3) is 3.79 Å². The lowest BCUT2D eigenvalue weighted by atomic mass is 10.3. The molecule has 0 bridgehead atoms. The van der Waals surface area contributed by atoms with Crippen LogP contribution in [0.4, 0.5) is 0 Å². The number of carbonyl (C=O) groups excluding carboxylic acids is 1. The first-order valence-electron chi connectivity index (χ1n) is 2.39. The minimum absolute atomic E-state index is 0.316. The zero-order chi connectivity index (χ0) is 8.36. The van der Waals surface area contributed by atoms with Gasteiger partial charge in [0, 0.05) is 11.8 Å². The summed E-state index contributed by atoms with van der Waals surface area (Å²) in [4.78, 5) is 10.7. The molecule has 58 valence electrons. The van der Waals surface area contributed by atoms with E-state index in [9.17, 15) is 4.79 Å². The largest absolute Gasteiger partial charge is 0.402 e. The van der Waals surface area contributed by atoms with Gasteiger partial charge in [0.1, 0.15) is 0 Å². The van der Waals surface area contributed by atoms with Crippen molar-refractivity contribution in [2.24, 2.45) is 5.73 Å². The first-order chi connectivity index (χ1) is 4.34. The van der Waals surface area contributed by atoms with Gasteiger partial charge in [-0.1, -0.05) is 34.8 Å². The molecule has 0 saturated heterocycles. The molecule has 0 aliphatic heterocycles. The molecule has 0 heterocycles. The number of hydrogen-bond acceptors (Lipinski definition) is 2. The van der Waals surface area contributed by atoms with Crippen molar-refractivity contribution in [2.45, 2.75) is 10.7 Å². The minimum atomic E-state index is -1.89.